The molecule has 0 fully saturated rings. The van der Waals surface area contributed by atoms with Gasteiger partial charge in [0.25, 0.3) is 0 Å². The number of carboxylic acid groups (broad SMARTS) is 1. The van der Waals surface area contributed by atoms with E-state index in [-0.39, 0.29) is 11.0 Å². The Morgan fingerprint density at radius 2 is 1.87 bits per heavy atom. The molecule has 0 amide bonds. The molecule has 0 radical (unpaired) electrons. The fraction of sp³-hybridized carbons (Fsp3) is 0.280. The third kappa shape index (κ3) is 6.07. The van der Waals surface area contributed by atoms with Gasteiger partial charge in [-0.05, 0) is 52.8 Å². The van der Waals surface area contributed by atoms with Gasteiger partial charge in [0.05, 0.1) is 0 Å². The number of carboxylic acids is 1. The summed E-state index contributed by atoms with van der Waals surface area (Å²) in [7, 11) is 0. The number of halogens is 1. The van der Waals surface area contributed by atoms with Gasteiger partial charge in [0.1, 0.15) is 23.7 Å². The number of nitrogens with one attached hydrogen (secondary N) is 1. The summed E-state index contributed by atoms with van der Waals surface area (Å²) in [6.45, 7) is 7.00. The Bertz CT molecular complexity index is 1050. The Labute approximate surface area is 191 Å². The lowest BCUT2D eigenvalue weighted by Crippen LogP contribution is -2.20. The molecule has 0 saturated carbocycles. The predicted molar refractivity (Wildman–Crippen MR) is 127 cm³/mol. The lowest BCUT2D eigenvalue weighted by Gasteiger charge is -2.23. The highest BCUT2D eigenvalue weighted by Gasteiger charge is 2.25. The van der Waals surface area contributed by atoms with Gasteiger partial charge in [-0.2, -0.15) is 0 Å². The van der Waals surface area contributed by atoms with E-state index in [1.54, 1.807) is 12.3 Å². The fourth-order valence-corrected chi connectivity index (χ4v) is 3.78. The Morgan fingerprint density at radius 3 is 2.55 bits per heavy atom. The van der Waals surface area contributed by atoms with Crippen LogP contribution >= 0.6 is 15.9 Å². The SMILES string of the molecule is CC(C)(C)c1ccnc(NCCc2cc(Br)ccc2OCc2ccccc2)c1C(=O)O. The summed E-state index contributed by atoms with van der Waals surface area (Å²) in [5.74, 6) is 0.222. The van der Waals surface area contributed by atoms with Crippen molar-refractivity contribution < 1.29 is 14.6 Å². The van der Waals surface area contributed by atoms with Crippen molar-refractivity contribution in [3.05, 3.63) is 87.5 Å². The molecule has 162 valence electrons. The number of aromatic carboxylic acids is 1. The molecule has 2 N–H and O–H groups in total. The van der Waals surface area contributed by atoms with Gasteiger partial charge in [-0.15, -0.1) is 0 Å². The number of benzene rings is 2. The van der Waals surface area contributed by atoms with Crippen molar-refractivity contribution in [2.45, 2.75) is 39.2 Å². The maximum atomic E-state index is 11.9. The van der Waals surface area contributed by atoms with Gasteiger partial charge in [-0.1, -0.05) is 67.0 Å². The van der Waals surface area contributed by atoms with E-state index in [0.717, 1.165) is 26.9 Å². The summed E-state index contributed by atoms with van der Waals surface area (Å²) in [5, 5.41) is 13.0. The molecule has 3 aromatic rings. The van der Waals surface area contributed by atoms with Crippen LogP contribution in [0.2, 0.25) is 0 Å². The number of hydrogen-bond acceptors (Lipinski definition) is 4. The van der Waals surface area contributed by atoms with E-state index in [0.29, 0.717) is 25.4 Å². The zero-order valence-electron chi connectivity index (χ0n) is 18.0. The molecule has 5 nitrogen and oxygen atoms in total. The highest BCUT2D eigenvalue weighted by Crippen LogP contribution is 2.30. The molecule has 31 heavy (non-hydrogen) atoms. The summed E-state index contributed by atoms with van der Waals surface area (Å²) in [6.07, 6.45) is 2.31. The molecule has 1 aromatic heterocycles. The number of carbonyl (C=O) groups is 1. The quantitative estimate of drug-likeness (QED) is 0.407. The van der Waals surface area contributed by atoms with Crippen molar-refractivity contribution in [1.82, 2.24) is 4.98 Å². The van der Waals surface area contributed by atoms with E-state index in [4.69, 9.17) is 4.74 Å². The Morgan fingerprint density at radius 1 is 1.13 bits per heavy atom. The van der Waals surface area contributed by atoms with Crippen LogP contribution in [0.3, 0.4) is 0 Å². The average molecular weight is 483 g/mol. The number of ether oxygens (including phenoxy) is 1. The van der Waals surface area contributed by atoms with Crippen molar-refractivity contribution in [3.63, 3.8) is 0 Å². The lowest BCUT2D eigenvalue weighted by molar-refractivity contribution is 0.0695. The lowest BCUT2D eigenvalue weighted by atomic mass is 9.84. The first-order valence-corrected chi connectivity index (χ1v) is 11.0. The van der Waals surface area contributed by atoms with E-state index < -0.39 is 5.97 Å². The van der Waals surface area contributed by atoms with Gasteiger partial charge in [0.2, 0.25) is 0 Å². The summed E-state index contributed by atoms with van der Waals surface area (Å²) in [4.78, 5) is 16.2. The third-order valence-corrected chi connectivity index (χ3v) is 5.41. The zero-order chi connectivity index (χ0) is 22.4. The third-order valence-electron chi connectivity index (χ3n) is 4.92. The molecule has 0 spiro atoms. The second kappa shape index (κ2) is 9.96. The van der Waals surface area contributed by atoms with Crippen LogP contribution in [0, 0.1) is 0 Å². The summed E-state index contributed by atoms with van der Waals surface area (Å²) in [5.41, 5.74) is 2.82. The number of hydrogen-bond donors (Lipinski definition) is 2. The van der Waals surface area contributed by atoms with Crippen molar-refractivity contribution >= 4 is 27.7 Å². The molecule has 1 heterocycles. The number of aromatic nitrogens is 1. The molecule has 0 unspecified atom stereocenters. The summed E-state index contributed by atoms with van der Waals surface area (Å²) in [6, 6.07) is 17.7. The van der Waals surface area contributed by atoms with Crippen LogP contribution in [-0.2, 0) is 18.4 Å². The number of pyridine rings is 1. The molecule has 0 bridgehead atoms. The van der Waals surface area contributed by atoms with Gasteiger partial charge in [0, 0.05) is 17.2 Å². The van der Waals surface area contributed by atoms with E-state index >= 15 is 0 Å². The van der Waals surface area contributed by atoms with E-state index in [1.807, 2.05) is 69.3 Å². The molecule has 6 heteroatoms. The van der Waals surface area contributed by atoms with E-state index in [2.05, 4.69) is 26.2 Å². The van der Waals surface area contributed by atoms with Gasteiger partial charge in [-0.25, -0.2) is 9.78 Å². The average Bonchev–Trinajstić information content (AvgIpc) is 2.73. The molecule has 0 aliphatic heterocycles. The van der Waals surface area contributed by atoms with Crippen LogP contribution in [0.4, 0.5) is 5.82 Å². The standard InChI is InChI=1S/C25H27BrN2O3/c1-25(2,3)20-12-14-28-23(22(20)24(29)30)27-13-11-18-15-19(26)9-10-21(18)31-16-17-7-5-4-6-8-17/h4-10,12,14-15H,11,13,16H2,1-3H3,(H,27,28)(H,29,30). The molecule has 0 aliphatic carbocycles. The van der Waals surface area contributed by atoms with E-state index in [9.17, 15) is 9.90 Å². The van der Waals surface area contributed by atoms with Gasteiger partial charge in [0.15, 0.2) is 0 Å². The maximum absolute atomic E-state index is 11.9. The van der Waals surface area contributed by atoms with E-state index in [1.165, 1.54) is 0 Å². The Kier molecular flexibility index (Phi) is 7.33. The van der Waals surface area contributed by atoms with Crippen LogP contribution in [0.15, 0.2) is 65.3 Å². The Hall–Kier alpha value is -2.86. The molecule has 0 atom stereocenters. The van der Waals surface area contributed by atoms with Gasteiger partial charge >= 0.3 is 5.97 Å². The number of anilines is 1. The van der Waals surface area contributed by atoms with Gasteiger partial charge < -0.3 is 15.2 Å². The largest absolute Gasteiger partial charge is 0.489 e. The normalized spacial score (nSPS) is 11.2. The first-order chi connectivity index (χ1) is 14.8. The summed E-state index contributed by atoms with van der Waals surface area (Å²) < 4.78 is 7.01. The second-order valence-electron chi connectivity index (χ2n) is 8.34. The maximum Gasteiger partial charge on any atom is 0.339 e. The number of rotatable bonds is 8. The molecular formula is C25H27BrN2O3. The van der Waals surface area contributed by atoms with Crippen molar-refractivity contribution in [1.29, 1.82) is 0 Å². The van der Waals surface area contributed by atoms with Crippen molar-refractivity contribution in [3.8, 4) is 5.75 Å². The van der Waals surface area contributed by atoms with Crippen LogP contribution < -0.4 is 10.1 Å². The Balaban J connectivity index is 1.74. The van der Waals surface area contributed by atoms with Gasteiger partial charge in [-0.3, -0.25) is 0 Å². The second-order valence-corrected chi connectivity index (χ2v) is 9.26. The molecule has 3 rings (SSSR count). The minimum atomic E-state index is -0.977. The van der Waals surface area contributed by atoms with Crippen molar-refractivity contribution in [2.24, 2.45) is 0 Å². The first-order valence-electron chi connectivity index (χ1n) is 10.2. The van der Waals surface area contributed by atoms with Crippen LogP contribution in [-0.4, -0.2) is 22.6 Å². The summed E-state index contributed by atoms with van der Waals surface area (Å²) >= 11 is 3.53. The highest BCUT2D eigenvalue weighted by molar-refractivity contribution is 9.10. The molecule has 0 aliphatic rings. The van der Waals surface area contributed by atoms with Crippen LogP contribution in [0.25, 0.3) is 0 Å². The first kappa shape index (κ1) is 22.8. The fourth-order valence-electron chi connectivity index (χ4n) is 3.37. The monoisotopic (exact) mass is 482 g/mol. The zero-order valence-corrected chi connectivity index (χ0v) is 19.6. The smallest absolute Gasteiger partial charge is 0.339 e. The van der Waals surface area contributed by atoms with Crippen LogP contribution in [0.1, 0.15) is 47.8 Å². The minimum absolute atomic E-state index is 0.227. The molecule has 0 saturated heterocycles. The van der Waals surface area contributed by atoms with Crippen molar-refractivity contribution in [2.75, 3.05) is 11.9 Å². The predicted octanol–water partition coefficient (Wildman–Crippen LogP) is 6.07. The molecule has 2 aromatic carbocycles. The van der Waals surface area contributed by atoms with Crippen LogP contribution in [0.5, 0.6) is 5.75 Å². The topological polar surface area (TPSA) is 71.5 Å². The number of nitrogens with zero attached hydrogens (tertiary/aromatic N) is 1. The highest BCUT2D eigenvalue weighted by atomic mass is 79.9. The minimum Gasteiger partial charge on any atom is -0.489 e. The molecular weight excluding hydrogens is 456 g/mol.